The van der Waals surface area contributed by atoms with Gasteiger partial charge in [0.15, 0.2) is 0 Å². The van der Waals surface area contributed by atoms with Gasteiger partial charge in [0.2, 0.25) is 11.8 Å². The Hall–Kier alpha value is -3.49. The summed E-state index contributed by atoms with van der Waals surface area (Å²) in [4.78, 5) is 47.4. The monoisotopic (exact) mass is 399 g/mol. The van der Waals surface area contributed by atoms with Gasteiger partial charge in [0.1, 0.15) is 6.54 Å². The number of rotatable bonds is 7. The smallest absolute Gasteiger partial charge is 0.267 e. The Morgan fingerprint density at radius 1 is 1.00 bits per heavy atom. The van der Waals surface area contributed by atoms with Crippen molar-refractivity contribution < 1.29 is 14.4 Å². The van der Waals surface area contributed by atoms with E-state index in [1.807, 2.05) is 20.8 Å². The standard InChI is InChI=1S/C20H25N5O4/c1-20(2,3)19(29)24-15-8-6-14(7-9-15)18(28)22-12-11-21-16(26)13-25-17(27)5-4-10-23-25/h4-10H,11-13H2,1-3H3,(H,21,26)(H,22,28)(H,24,29). The summed E-state index contributed by atoms with van der Waals surface area (Å²) in [6.07, 6.45) is 1.43. The van der Waals surface area contributed by atoms with E-state index in [1.54, 1.807) is 24.3 Å². The van der Waals surface area contributed by atoms with Crippen molar-refractivity contribution in [1.29, 1.82) is 0 Å². The van der Waals surface area contributed by atoms with E-state index >= 15 is 0 Å². The number of nitrogens with one attached hydrogen (secondary N) is 3. The number of aromatic nitrogens is 2. The number of carbonyl (C=O) groups excluding carboxylic acids is 3. The molecule has 0 aliphatic rings. The molecule has 2 rings (SSSR count). The minimum Gasteiger partial charge on any atom is -0.353 e. The lowest BCUT2D eigenvalue weighted by Gasteiger charge is -2.17. The lowest BCUT2D eigenvalue weighted by Crippen LogP contribution is -2.38. The maximum absolute atomic E-state index is 12.2. The molecule has 0 aliphatic carbocycles. The first-order chi connectivity index (χ1) is 13.7. The second kappa shape index (κ2) is 9.63. The second-order valence-corrected chi connectivity index (χ2v) is 7.41. The molecular weight excluding hydrogens is 374 g/mol. The highest BCUT2D eigenvalue weighted by atomic mass is 16.2. The average molecular weight is 399 g/mol. The SMILES string of the molecule is CC(C)(C)C(=O)Nc1ccc(C(=O)NCCNC(=O)Cn2ncccc2=O)cc1. The molecule has 0 saturated heterocycles. The van der Waals surface area contributed by atoms with Gasteiger partial charge in [0, 0.05) is 42.0 Å². The van der Waals surface area contributed by atoms with Crippen LogP contribution in [0.2, 0.25) is 0 Å². The van der Waals surface area contributed by atoms with Crippen LogP contribution in [0, 0.1) is 5.41 Å². The number of nitrogens with zero attached hydrogens (tertiary/aromatic N) is 2. The Morgan fingerprint density at radius 2 is 1.66 bits per heavy atom. The van der Waals surface area contributed by atoms with Crippen LogP contribution in [0.5, 0.6) is 0 Å². The molecule has 29 heavy (non-hydrogen) atoms. The first kappa shape index (κ1) is 21.8. The molecule has 9 heteroatoms. The van der Waals surface area contributed by atoms with Crippen molar-refractivity contribution in [3.63, 3.8) is 0 Å². The van der Waals surface area contributed by atoms with Gasteiger partial charge in [-0.15, -0.1) is 0 Å². The second-order valence-electron chi connectivity index (χ2n) is 7.41. The van der Waals surface area contributed by atoms with Gasteiger partial charge in [-0.05, 0) is 30.3 Å². The largest absolute Gasteiger partial charge is 0.353 e. The first-order valence-corrected chi connectivity index (χ1v) is 9.15. The molecule has 1 aromatic heterocycles. The topological polar surface area (TPSA) is 122 Å². The fraction of sp³-hybridized carbons (Fsp3) is 0.350. The number of benzene rings is 1. The van der Waals surface area contributed by atoms with Crippen LogP contribution in [-0.2, 0) is 16.1 Å². The molecule has 0 unspecified atom stereocenters. The normalized spacial score (nSPS) is 10.9. The third-order valence-electron chi connectivity index (χ3n) is 3.90. The summed E-state index contributed by atoms with van der Waals surface area (Å²) in [6, 6.07) is 9.35. The molecule has 0 atom stereocenters. The van der Waals surface area contributed by atoms with Gasteiger partial charge in [0.25, 0.3) is 11.5 Å². The summed E-state index contributed by atoms with van der Waals surface area (Å²) >= 11 is 0. The molecule has 0 spiro atoms. The molecule has 0 aliphatic heterocycles. The average Bonchev–Trinajstić information content (AvgIpc) is 2.66. The molecule has 3 N–H and O–H groups in total. The zero-order valence-corrected chi connectivity index (χ0v) is 16.7. The van der Waals surface area contributed by atoms with Gasteiger partial charge in [-0.25, -0.2) is 4.68 Å². The van der Waals surface area contributed by atoms with Crippen molar-refractivity contribution in [3.8, 4) is 0 Å². The summed E-state index contributed by atoms with van der Waals surface area (Å²) in [7, 11) is 0. The van der Waals surface area contributed by atoms with E-state index in [2.05, 4.69) is 21.0 Å². The van der Waals surface area contributed by atoms with E-state index in [1.165, 1.54) is 18.3 Å². The van der Waals surface area contributed by atoms with Crippen molar-refractivity contribution >= 4 is 23.4 Å². The highest BCUT2D eigenvalue weighted by molar-refractivity contribution is 5.97. The molecule has 2 aromatic rings. The van der Waals surface area contributed by atoms with Crippen LogP contribution in [0.1, 0.15) is 31.1 Å². The van der Waals surface area contributed by atoms with E-state index in [9.17, 15) is 19.2 Å². The van der Waals surface area contributed by atoms with Gasteiger partial charge in [-0.2, -0.15) is 5.10 Å². The third-order valence-corrected chi connectivity index (χ3v) is 3.90. The third kappa shape index (κ3) is 6.87. The Balaban J connectivity index is 1.75. The number of hydrogen-bond acceptors (Lipinski definition) is 5. The van der Waals surface area contributed by atoms with Gasteiger partial charge in [-0.1, -0.05) is 20.8 Å². The van der Waals surface area contributed by atoms with Gasteiger partial charge < -0.3 is 16.0 Å². The number of hydrogen-bond donors (Lipinski definition) is 3. The minimum absolute atomic E-state index is 0.113. The minimum atomic E-state index is -0.509. The van der Waals surface area contributed by atoms with Crippen LogP contribution >= 0.6 is 0 Å². The summed E-state index contributed by atoms with van der Waals surface area (Å²) in [5.74, 6) is -0.786. The Kier molecular flexibility index (Phi) is 7.24. The summed E-state index contributed by atoms with van der Waals surface area (Å²) in [5.41, 5.74) is 0.173. The summed E-state index contributed by atoms with van der Waals surface area (Å²) in [6.45, 7) is 5.71. The van der Waals surface area contributed by atoms with E-state index in [0.29, 0.717) is 11.3 Å². The molecular formula is C20H25N5O4. The highest BCUT2D eigenvalue weighted by Gasteiger charge is 2.21. The van der Waals surface area contributed by atoms with Crippen LogP contribution in [-0.4, -0.2) is 40.6 Å². The zero-order chi connectivity index (χ0) is 21.4. The Bertz CT molecular complexity index is 929. The molecule has 0 saturated carbocycles. The van der Waals surface area contributed by atoms with Crippen molar-refractivity contribution in [3.05, 3.63) is 58.5 Å². The van der Waals surface area contributed by atoms with Crippen molar-refractivity contribution in [2.45, 2.75) is 27.3 Å². The van der Waals surface area contributed by atoms with Crippen LogP contribution in [0.3, 0.4) is 0 Å². The highest BCUT2D eigenvalue weighted by Crippen LogP contribution is 2.17. The fourth-order valence-corrected chi connectivity index (χ4v) is 2.20. The maximum atomic E-state index is 12.2. The van der Waals surface area contributed by atoms with Crippen molar-refractivity contribution in [2.75, 3.05) is 18.4 Å². The van der Waals surface area contributed by atoms with Crippen LogP contribution in [0.25, 0.3) is 0 Å². The molecule has 9 nitrogen and oxygen atoms in total. The Morgan fingerprint density at radius 3 is 2.28 bits per heavy atom. The summed E-state index contributed by atoms with van der Waals surface area (Å²) in [5, 5.41) is 11.9. The van der Waals surface area contributed by atoms with Crippen LogP contribution in [0.15, 0.2) is 47.4 Å². The lowest BCUT2D eigenvalue weighted by atomic mass is 9.95. The lowest BCUT2D eigenvalue weighted by molar-refractivity contribution is -0.123. The Labute approximate surface area is 168 Å². The van der Waals surface area contributed by atoms with Crippen LogP contribution < -0.4 is 21.5 Å². The molecule has 3 amide bonds. The molecule has 0 radical (unpaired) electrons. The van der Waals surface area contributed by atoms with Crippen molar-refractivity contribution in [1.82, 2.24) is 20.4 Å². The predicted octanol–water partition coefficient (Wildman–Crippen LogP) is 0.774. The maximum Gasteiger partial charge on any atom is 0.267 e. The quantitative estimate of drug-likeness (QED) is 0.594. The van der Waals surface area contributed by atoms with Crippen LogP contribution in [0.4, 0.5) is 5.69 Å². The summed E-state index contributed by atoms with van der Waals surface area (Å²) < 4.78 is 1.05. The molecule has 1 aromatic carbocycles. The van der Waals surface area contributed by atoms with E-state index in [0.717, 1.165) is 4.68 Å². The van der Waals surface area contributed by atoms with Gasteiger partial charge >= 0.3 is 0 Å². The molecule has 0 fully saturated rings. The first-order valence-electron chi connectivity index (χ1n) is 9.15. The zero-order valence-electron chi connectivity index (χ0n) is 16.7. The van der Waals surface area contributed by atoms with E-state index in [4.69, 9.17) is 0 Å². The van der Waals surface area contributed by atoms with Gasteiger partial charge in [0.05, 0.1) is 0 Å². The number of anilines is 1. The number of amides is 3. The molecule has 0 bridgehead atoms. The molecule has 154 valence electrons. The molecule has 1 heterocycles. The fourth-order valence-electron chi connectivity index (χ4n) is 2.20. The van der Waals surface area contributed by atoms with Crippen molar-refractivity contribution in [2.24, 2.45) is 5.41 Å². The van der Waals surface area contributed by atoms with E-state index < -0.39 is 5.41 Å². The van der Waals surface area contributed by atoms with E-state index in [-0.39, 0.29) is 42.9 Å². The van der Waals surface area contributed by atoms with Gasteiger partial charge in [-0.3, -0.25) is 19.2 Å². The number of carbonyl (C=O) groups is 3. The predicted molar refractivity (Wildman–Crippen MR) is 108 cm³/mol.